The van der Waals surface area contributed by atoms with Gasteiger partial charge in [-0.25, -0.2) is 0 Å². The zero-order valence-electron chi connectivity index (χ0n) is 10.5. The van der Waals surface area contributed by atoms with Crippen molar-refractivity contribution in [1.82, 2.24) is 0 Å². The molecule has 0 spiro atoms. The van der Waals surface area contributed by atoms with Crippen LogP contribution in [0.2, 0.25) is 0 Å². The molecule has 2 nitrogen and oxygen atoms in total. The standard InChI is InChI=1S/C16H15NO/c1-11(2)12-3-5-13(6-4-12)16-8-7-15(18)9-14(16)10-17/h3-9,11,18H,1-2H3. The van der Waals surface area contributed by atoms with Gasteiger partial charge in [-0.1, -0.05) is 38.1 Å². The van der Waals surface area contributed by atoms with Crippen LogP contribution in [-0.2, 0) is 0 Å². The van der Waals surface area contributed by atoms with E-state index in [1.807, 2.05) is 12.1 Å². The van der Waals surface area contributed by atoms with Crippen LogP contribution in [0.15, 0.2) is 42.5 Å². The van der Waals surface area contributed by atoms with Gasteiger partial charge in [0, 0.05) is 0 Å². The Kier molecular flexibility index (Phi) is 3.34. The van der Waals surface area contributed by atoms with Gasteiger partial charge in [0.1, 0.15) is 5.75 Å². The molecular weight excluding hydrogens is 222 g/mol. The minimum Gasteiger partial charge on any atom is -0.508 e. The van der Waals surface area contributed by atoms with E-state index in [-0.39, 0.29) is 5.75 Å². The molecule has 2 aromatic rings. The first-order chi connectivity index (χ1) is 8.61. The van der Waals surface area contributed by atoms with E-state index in [0.29, 0.717) is 11.5 Å². The summed E-state index contributed by atoms with van der Waals surface area (Å²) in [7, 11) is 0. The summed E-state index contributed by atoms with van der Waals surface area (Å²) in [6.07, 6.45) is 0. The van der Waals surface area contributed by atoms with Gasteiger partial charge in [-0.05, 0) is 40.8 Å². The maximum absolute atomic E-state index is 9.38. The molecule has 90 valence electrons. The third-order valence-electron chi connectivity index (χ3n) is 3.01. The van der Waals surface area contributed by atoms with Crippen LogP contribution in [0, 0.1) is 11.3 Å². The van der Waals surface area contributed by atoms with Gasteiger partial charge in [-0.15, -0.1) is 0 Å². The minimum atomic E-state index is 0.120. The number of hydrogen-bond acceptors (Lipinski definition) is 2. The number of hydrogen-bond donors (Lipinski definition) is 1. The Bertz CT molecular complexity index is 591. The molecule has 0 saturated carbocycles. The molecular formula is C16H15NO. The van der Waals surface area contributed by atoms with E-state index in [1.54, 1.807) is 12.1 Å². The Morgan fingerprint density at radius 3 is 2.28 bits per heavy atom. The van der Waals surface area contributed by atoms with Crippen LogP contribution in [0.4, 0.5) is 0 Å². The van der Waals surface area contributed by atoms with Crippen molar-refractivity contribution in [3.63, 3.8) is 0 Å². The smallest absolute Gasteiger partial charge is 0.116 e. The number of phenolic OH excluding ortho intramolecular Hbond substituents is 1. The fourth-order valence-corrected chi connectivity index (χ4v) is 1.92. The van der Waals surface area contributed by atoms with Crippen molar-refractivity contribution in [1.29, 1.82) is 5.26 Å². The number of nitriles is 1. The first kappa shape index (κ1) is 12.2. The largest absolute Gasteiger partial charge is 0.508 e. The van der Waals surface area contributed by atoms with Gasteiger partial charge in [-0.2, -0.15) is 5.26 Å². The summed E-state index contributed by atoms with van der Waals surface area (Å²) < 4.78 is 0. The summed E-state index contributed by atoms with van der Waals surface area (Å²) in [6, 6.07) is 15.2. The number of benzene rings is 2. The van der Waals surface area contributed by atoms with Crippen LogP contribution in [0.3, 0.4) is 0 Å². The van der Waals surface area contributed by atoms with Crippen LogP contribution in [-0.4, -0.2) is 5.11 Å². The zero-order valence-corrected chi connectivity index (χ0v) is 10.5. The lowest BCUT2D eigenvalue weighted by Gasteiger charge is -2.08. The first-order valence-corrected chi connectivity index (χ1v) is 5.95. The molecule has 0 heterocycles. The Morgan fingerprint density at radius 1 is 1.06 bits per heavy atom. The number of phenols is 1. The van der Waals surface area contributed by atoms with Crippen molar-refractivity contribution >= 4 is 0 Å². The highest BCUT2D eigenvalue weighted by molar-refractivity contribution is 5.71. The molecule has 0 amide bonds. The predicted octanol–water partition coefficient (Wildman–Crippen LogP) is 4.05. The second-order valence-electron chi connectivity index (χ2n) is 4.62. The lowest BCUT2D eigenvalue weighted by atomic mass is 9.96. The van der Waals surface area contributed by atoms with Crippen LogP contribution in [0.25, 0.3) is 11.1 Å². The molecule has 0 bridgehead atoms. The lowest BCUT2D eigenvalue weighted by molar-refractivity contribution is 0.475. The van der Waals surface area contributed by atoms with E-state index < -0.39 is 0 Å². The average molecular weight is 237 g/mol. The quantitative estimate of drug-likeness (QED) is 0.856. The summed E-state index contributed by atoms with van der Waals surface area (Å²) in [5, 5.41) is 18.5. The number of nitrogens with zero attached hydrogens (tertiary/aromatic N) is 1. The highest BCUT2D eigenvalue weighted by Crippen LogP contribution is 2.27. The number of aromatic hydroxyl groups is 1. The SMILES string of the molecule is CC(C)c1ccc(-c2ccc(O)cc2C#N)cc1. The highest BCUT2D eigenvalue weighted by atomic mass is 16.3. The average Bonchev–Trinajstić information content (AvgIpc) is 2.38. The third-order valence-corrected chi connectivity index (χ3v) is 3.01. The van der Waals surface area contributed by atoms with Gasteiger partial charge in [-0.3, -0.25) is 0 Å². The van der Waals surface area contributed by atoms with Crippen molar-refractivity contribution in [2.24, 2.45) is 0 Å². The van der Waals surface area contributed by atoms with Gasteiger partial charge in [0.2, 0.25) is 0 Å². The maximum Gasteiger partial charge on any atom is 0.116 e. The van der Waals surface area contributed by atoms with Crippen LogP contribution in [0.1, 0.15) is 30.9 Å². The molecule has 18 heavy (non-hydrogen) atoms. The maximum atomic E-state index is 9.38. The van der Waals surface area contributed by atoms with E-state index in [9.17, 15) is 5.11 Å². The van der Waals surface area contributed by atoms with E-state index in [1.165, 1.54) is 11.6 Å². The van der Waals surface area contributed by atoms with Crippen molar-refractivity contribution in [3.05, 3.63) is 53.6 Å². The second kappa shape index (κ2) is 4.93. The van der Waals surface area contributed by atoms with Crippen molar-refractivity contribution in [2.45, 2.75) is 19.8 Å². The van der Waals surface area contributed by atoms with E-state index in [2.05, 4.69) is 32.0 Å². The fourth-order valence-electron chi connectivity index (χ4n) is 1.92. The molecule has 0 fully saturated rings. The molecule has 0 atom stereocenters. The molecule has 0 aliphatic carbocycles. The van der Waals surface area contributed by atoms with Gasteiger partial charge < -0.3 is 5.11 Å². The van der Waals surface area contributed by atoms with Crippen LogP contribution in [0.5, 0.6) is 5.75 Å². The Balaban J connectivity index is 2.46. The highest BCUT2D eigenvalue weighted by Gasteiger charge is 2.06. The van der Waals surface area contributed by atoms with Gasteiger partial charge >= 0.3 is 0 Å². The predicted molar refractivity (Wildman–Crippen MR) is 72.3 cm³/mol. The fraction of sp³-hybridized carbons (Fsp3) is 0.188. The van der Waals surface area contributed by atoms with Crippen LogP contribution < -0.4 is 0 Å². The van der Waals surface area contributed by atoms with Gasteiger partial charge in [0.25, 0.3) is 0 Å². The topological polar surface area (TPSA) is 44.0 Å². The molecule has 0 unspecified atom stereocenters. The van der Waals surface area contributed by atoms with Crippen molar-refractivity contribution in [3.8, 4) is 22.9 Å². The van der Waals surface area contributed by atoms with Crippen molar-refractivity contribution in [2.75, 3.05) is 0 Å². The zero-order chi connectivity index (χ0) is 13.1. The summed E-state index contributed by atoms with van der Waals surface area (Å²) in [5.41, 5.74) is 3.62. The van der Waals surface area contributed by atoms with E-state index in [0.717, 1.165) is 11.1 Å². The molecule has 1 N–H and O–H groups in total. The second-order valence-corrected chi connectivity index (χ2v) is 4.62. The van der Waals surface area contributed by atoms with E-state index in [4.69, 9.17) is 5.26 Å². The number of rotatable bonds is 2. The molecule has 2 heteroatoms. The molecule has 2 aromatic carbocycles. The monoisotopic (exact) mass is 237 g/mol. The summed E-state index contributed by atoms with van der Waals surface area (Å²) in [6.45, 7) is 4.30. The van der Waals surface area contributed by atoms with Gasteiger partial charge in [0.15, 0.2) is 0 Å². The molecule has 0 aliphatic rings. The molecule has 0 saturated heterocycles. The normalized spacial score (nSPS) is 10.3. The van der Waals surface area contributed by atoms with Crippen LogP contribution >= 0.6 is 0 Å². The lowest BCUT2D eigenvalue weighted by Crippen LogP contribution is -1.88. The Labute approximate surface area is 107 Å². The Hall–Kier alpha value is -2.27. The minimum absolute atomic E-state index is 0.120. The summed E-state index contributed by atoms with van der Waals surface area (Å²) in [4.78, 5) is 0. The molecule has 0 aromatic heterocycles. The third kappa shape index (κ3) is 2.36. The van der Waals surface area contributed by atoms with Gasteiger partial charge in [0.05, 0.1) is 11.6 Å². The van der Waals surface area contributed by atoms with E-state index >= 15 is 0 Å². The molecule has 0 aliphatic heterocycles. The molecule has 0 radical (unpaired) electrons. The van der Waals surface area contributed by atoms with Crippen molar-refractivity contribution < 1.29 is 5.11 Å². The first-order valence-electron chi connectivity index (χ1n) is 5.95. The summed E-state index contributed by atoms with van der Waals surface area (Å²) >= 11 is 0. The Morgan fingerprint density at radius 2 is 1.72 bits per heavy atom. The molecule has 2 rings (SSSR count). The summed E-state index contributed by atoms with van der Waals surface area (Å²) in [5.74, 6) is 0.614.